The van der Waals surface area contributed by atoms with Crippen molar-refractivity contribution in [3.8, 4) is 11.4 Å². The first-order valence-corrected chi connectivity index (χ1v) is 12.9. The Labute approximate surface area is 220 Å². The summed E-state index contributed by atoms with van der Waals surface area (Å²) in [5.41, 5.74) is 3.41. The lowest BCUT2D eigenvalue weighted by atomic mass is 9.88. The Morgan fingerprint density at radius 3 is 2.55 bits per heavy atom. The van der Waals surface area contributed by atoms with Crippen molar-refractivity contribution in [2.45, 2.75) is 45.2 Å². The molecule has 1 aromatic heterocycles. The highest BCUT2D eigenvalue weighted by atomic mass is 19.2. The molecule has 2 aliphatic heterocycles. The van der Waals surface area contributed by atoms with Crippen molar-refractivity contribution in [2.24, 2.45) is 0 Å². The minimum Gasteiger partial charge on any atom is -0.495 e. The number of piperazine rings is 1. The van der Waals surface area contributed by atoms with Crippen LogP contribution in [0.5, 0.6) is 5.75 Å². The highest BCUT2D eigenvalue weighted by Crippen LogP contribution is 2.38. The quantitative estimate of drug-likeness (QED) is 0.318. The van der Waals surface area contributed by atoms with Crippen molar-refractivity contribution in [3.05, 3.63) is 82.7 Å². The van der Waals surface area contributed by atoms with Crippen LogP contribution in [0.1, 0.15) is 49.0 Å². The summed E-state index contributed by atoms with van der Waals surface area (Å²) in [4.78, 5) is 22.1. The van der Waals surface area contributed by atoms with Gasteiger partial charge in [0.1, 0.15) is 5.75 Å². The van der Waals surface area contributed by atoms with Gasteiger partial charge >= 0.3 is 0 Å². The van der Waals surface area contributed by atoms with E-state index in [1.807, 2.05) is 42.0 Å². The van der Waals surface area contributed by atoms with Crippen LogP contribution < -0.4 is 4.74 Å². The molecule has 2 aliphatic rings. The van der Waals surface area contributed by atoms with E-state index in [0.717, 1.165) is 48.5 Å². The number of fused-ring (bicyclic) bond motifs is 1. The molecular weight excluding hydrogens is 493 g/mol. The molecule has 2 saturated heterocycles. The summed E-state index contributed by atoms with van der Waals surface area (Å²) in [7, 11) is 1.59. The zero-order valence-electron chi connectivity index (χ0n) is 21.8. The number of hydrogen-bond donors (Lipinski definition) is 0. The molecule has 0 N–H and O–H groups in total. The van der Waals surface area contributed by atoms with E-state index >= 15 is 0 Å². The second-order valence-electron chi connectivity index (χ2n) is 10.0. The summed E-state index contributed by atoms with van der Waals surface area (Å²) in [5.74, 6) is -3.52. The second-order valence-corrected chi connectivity index (χ2v) is 10.0. The molecule has 5 rings (SSSR count). The Hall–Kier alpha value is -3.59. The molecule has 6 nitrogen and oxygen atoms in total. The van der Waals surface area contributed by atoms with Gasteiger partial charge in [0.25, 0.3) is 5.91 Å². The van der Waals surface area contributed by atoms with Crippen molar-refractivity contribution in [1.29, 1.82) is 0 Å². The van der Waals surface area contributed by atoms with E-state index in [1.54, 1.807) is 18.3 Å². The van der Waals surface area contributed by atoms with Gasteiger partial charge in [0.15, 0.2) is 17.5 Å². The largest absolute Gasteiger partial charge is 0.495 e. The van der Waals surface area contributed by atoms with Gasteiger partial charge in [-0.25, -0.2) is 18.2 Å². The molecule has 0 aliphatic carbocycles. The third-order valence-electron chi connectivity index (χ3n) is 7.35. The van der Waals surface area contributed by atoms with Crippen LogP contribution in [0, 0.1) is 24.4 Å². The fourth-order valence-corrected chi connectivity index (χ4v) is 5.60. The van der Waals surface area contributed by atoms with E-state index in [4.69, 9.17) is 4.74 Å². The molecule has 2 fully saturated rings. The summed E-state index contributed by atoms with van der Waals surface area (Å²) in [6.45, 7) is 5.92. The van der Waals surface area contributed by atoms with E-state index in [1.165, 1.54) is 0 Å². The number of aromatic nitrogens is 2. The monoisotopic (exact) mass is 524 g/mol. The molecule has 2 atom stereocenters. The average Bonchev–Trinajstić information content (AvgIpc) is 3.34. The van der Waals surface area contributed by atoms with Gasteiger partial charge in [-0.2, -0.15) is 0 Å². The highest BCUT2D eigenvalue weighted by molar-refractivity contribution is 5.99. The predicted octanol–water partition coefficient (Wildman–Crippen LogP) is 5.45. The fourth-order valence-electron chi connectivity index (χ4n) is 5.60. The minimum absolute atomic E-state index is 0.0949. The summed E-state index contributed by atoms with van der Waals surface area (Å²) in [5, 5.41) is 0. The van der Waals surface area contributed by atoms with Gasteiger partial charge in [-0.05, 0) is 74.2 Å². The van der Waals surface area contributed by atoms with E-state index in [2.05, 4.69) is 16.8 Å². The molecule has 0 radical (unpaired) electrons. The van der Waals surface area contributed by atoms with Crippen LogP contribution in [-0.4, -0.2) is 58.0 Å². The smallest absolute Gasteiger partial charge is 0.250 e. The van der Waals surface area contributed by atoms with Gasteiger partial charge < -0.3 is 14.2 Å². The zero-order valence-corrected chi connectivity index (χ0v) is 21.8. The number of ether oxygens (including phenoxy) is 1. The van der Waals surface area contributed by atoms with Crippen molar-refractivity contribution in [1.82, 2.24) is 19.4 Å². The summed E-state index contributed by atoms with van der Waals surface area (Å²) >= 11 is 0. The molecule has 2 aromatic carbocycles. The van der Waals surface area contributed by atoms with Gasteiger partial charge in [-0.1, -0.05) is 13.0 Å². The number of piperidine rings is 1. The number of benzene rings is 2. The first kappa shape index (κ1) is 26.0. The van der Waals surface area contributed by atoms with Crippen molar-refractivity contribution >= 4 is 12.0 Å². The summed E-state index contributed by atoms with van der Waals surface area (Å²) in [6.07, 6.45) is 7.70. The molecule has 200 valence electrons. The van der Waals surface area contributed by atoms with Gasteiger partial charge in [0, 0.05) is 30.9 Å². The van der Waals surface area contributed by atoms with Gasteiger partial charge in [0.05, 0.1) is 30.9 Å². The van der Waals surface area contributed by atoms with Crippen molar-refractivity contribution in [3.63, 3.8) is 0 Å². The van der Waals surface area contributed by atoms with Crippen molar-refractivity contribution in [2.75, 3.05) is 26.7 Å². The maximum atomic E-state index is 14.2. The standard InChI is InChI=1S/C29H31F3N4O2/c1-4-9-34-15-22-7-6-20(10-19-5-8-25(27(11-19)38-3)35-14-18(2)33-17-35)29(37)36(22)26(16-34)21-12-23(30)28(32)24(31)13-21/h5,8,10-14,17,22,26H,4,6-7,9,15-16H2,1-3H3/t22-,26-/m0/s1. The fraction of sp³-hybridized carbons (Fsp3) is 0.379. The van der Waals surface area contributed by atoms with Crippen LogP contribution in [0.25, 0.3) is 11.8 Å². The van der Waals surface area contributed by atoms with Crippen molar-refractivity contribution < 1.29 is 22.7 Å². The SMILES string of the molecule is CCCN1C[C@@H]2CCC(=Cc3ccc(-n4cnc(C)c4)c(OC)c3)C(=O)N2[C@H](c2cc(F)c(F)c(F)c2)C1. The average molecular weight is 525 g/mol. The topological polar surface area (TPSA) is 50.6 Å². The van der Waals surface area contributed by atoms with Gasteiger partial charge in [-0.3, -0.25) is 9.69 Å². The van der Waals surface area contributed by atoms with E-state index < -0.39 is 23.5 Å². The number of hydrogen-bond acceptors (Lipinski definition) is 4. The Balaban J connectivity index is 1.48. The lowest BCUT2D eigenvalue weighted by molar-refractivity contribution is -0.139. The number of nitrogens with zero attached hydrogens (tertiary/aromatic N) is 4. The summed E-state index contributed by atoms with van der Waals surface area (Å²) < 4.78 is 49.6. The molecule has 3 heterocycles. The van der Waals surface area contributed by atoms with Crippen LogP contribution in [-0.2, 0) is 4.79 Å². The van der Waals surface area contributed by atoms with Crippen LogP contribution in [0.3, 0.4) is 0 Å². The van der Waals surface area contributed by atoms with Crippen LogP contribution in [0.2, 0.25) is 0 Å². The molecule has 0 unspecified atom stereocenters. The molecule has 38 heavy (non-hydrogen) atoms. The normalized spacial score (nSPS) is 21.2. The van der Waals surface area contributed by atoms with E-state index in [0.29, 0.717) is 30.8 Å². The number of amides is 1. The van der Waals surface area contributed by atoms with Gasteiger partial charge in [0.2, 0.25) is 0 Å². The van der Waals surface area contributed by atoms with Crippen LogP contribution in [0.4, 0.5) is 13.2 Å². The lowest BCUT2D eigenvalue weighted by Crippen LogP contribution is -2.58. The number of carbonyl (C=O) groups excluding carboxylic acids is 1. The van der Waals surface area contributed by atoms with E-state index in [9.17, 15) is 18.0 Å². The molecule has 3 aromatic rings. The summed E-state index contributed by atoms with van der Waals surface area (Å²) in [6, 6.07) is 7.06. The van der Waals surface area contributed by atoms with Gasteiger partial charge in [-0.15, -0.1) is 0 Å². The number of rotatable bonds is 6. The maximum Gasteiger partial charge on any atom is 0.250 e. The molecule has 1 amide bonds. The third-order valence-corrected chi connectivity index (χ3v) is 7.35. The second kappa shape index (κ2) is 10.6. The zero-order chi connectivity index (χ0) is 27.0. The third kappa shape index (κ3) is 4.95. The first-order chi connectivity index (χ1) is 18.3. The minimum atomic E-state index is -1.50. The molecule has 9 heteroatoms. The Morgan fingerprint density at radius 1 is 1.13 bits per heavy atom. The number of imidazole rings is 1. The Morgan fingerprint density at radius 2 is 1.89 bits per heavy atom. The lowest BCUT2D eigenvalue weighted by Gasteiger charge is -2.49. The number of halogens is 3. The molecule has 0 saturated carbocycles. The number of methoxy groups -OCH3 is 1. The predicted molar refractivity (Wildman–Crippen MR) is 138 cm³/mol. The number of aryl methyl sites for hydroxylation is 1. The Bertz CT molecular complexity index is 1360. The Kier molecular flexibility index (Phi) is 7.29. The van der Waals surface area contributed by atoms with Crippen LogP contribution in [0.15, 0.2) is 48.4 Å². The maximum absolute atomic E-state index is 14.2. The van der Waals surface area contributed by atoms with E-state index in [-0.39, 0.29) is 17.5 Å². The first-order valence-electron chi connectivity index (χ1n) is 12.9. The molecule has 0 spiro atoms. The number of carbonyl (C=O) groups is 1. The molecular formula is C29H31F3N4O2. The molecule has 0 bridgehead atoms. The van der Waals surface area contributed by atoms with Crippen LogP contribution >= 0.6 is 0 Å². The highest BCUT2D eigenvalue weighted by Gasteiger charge is 2.42.